The van der Waals surface area contributed by atoms with Gasteiger partial charge in [-0.1, -0.05) is 52.8 Å². The number of allylic oxidation sites excluding steroid dienone is 1. The van der Waals surface area contributed by atoms with E-state index in [4.69, 9.17) is 21.1 Å². The molecule has 3 aromatic rings. The lowest BCUT2D eigenvalue weighted by atomic mass is 9.95. The molecule has 6 nitrogen and oxygen atoms in total. The van der Waals surface area contributed by atoms with Crippen LogP contribution in [0, 0.1) is 6.92 Å². The zero-order valence-corrected chi connectivity index (χ0v) is 21.9. The second-order valence-corrected chi connectivity index (χ2v) is 10.0. The van der Waals surface area contributed by atoms with Gasteiger partial charge >= 0.3 is 5.97 Å². The lowest BCUT2D eigenvalue weighted by Gasteiger charge is -2.24. The van der Waals surface area contributed by atoms with Crippen molar-refractivity contribution in [3.05, 3.63) is 95.1 Å². The summed E-state index contributed by atoms with van der Waals surface area (Å²) in [5, 5.41) is 0.540. The van der Waals surface area contributed by atoms with Gasteiger partial charge in [0.05, 0.1) is 34.6 Å². The summed E-state index contributed by atoms with van der Waals surface area (Å²) in [5.74, 6) is 0.157. The molecule has 0 radical (unpaired) electrons. The monoisotopic (exact) mass is 510 g/mol. The first-order valence-electron chi connectivity index (χ1n) is 11.4. The number of rotatable bonds is 6. The van der Waals surface area contributed by atoms with Gasteiger partial charge in [0.25, 0.3) is 5.56 Å². The molecule has 0 saturated heterocycles. The number of ether oxygens (including phenoxy) is 2. The molecule has 1 aromatic heterocycles. The highest BCUT2D eigenvalue weighted by atomic mass is 35.5. The van der Waals surface area contributed by atoms with Gasteiger partial charge in [-0.05, 0) is 64.5 Å². The van der Waals surface area contributed by atoms with Crippen molar-refractivity contribution in [1.29, 1.82) is 0 Å². The molecule has 1 aliphatic rings. The van der Waals surface area contributed by atoms with E-state index in [0.717, 1.165) is 11.1 Å². The summed E-state index contributed by atoms with van der Waals surface area (Å²) in [6, 6.07) is 12.5. The number of halogens is 1. The summed E-state index contributed by atoms with van der Waals surface area (Å²) in [6.07, 6.45) is 1.73. The van der Waals surface area contributed by atoms with Crippen molar-refractivity contribution in [3.8, 4) is 5.75 Å². The molecule has 35 heavy (non-hydrogen) atoms. The number of carbonyl (C=O) groups is 1. The Balaban J connectivity index is 1.95. The van der Waals surface area contributed by atoms with Crippen LogP contribution in [0.5, 0.6) is 5.75 Å². The van der Waals surface area contributed by atoms with Gasteiger partial charge in [0.2, 0.25) is 0 Å². The maximum Gasteiger partial charge on any atom is 0.338 e. The summed E-state index contributed by atoms with van der Waals surface area (Å²) in [5.41, 5.74) is 3.24. The first-order valence-corrected chi connectivity index (χ1v) is 12.6. The van der Waals surface area contributed by atoms with E-state index in [-0.39, 0.29) is 18.3 Å². The molecule has 1 atom stereocenters. The minimum atomic E-state index is -0.640. The number of hydrogen-bond donors (Lipinski definition) is 0. The van der Waals surface area contributed by atoms with Gasteiger partial charge in [-0.15, -0.1) is 0 Å². The predicted octanol–water partition coefficient (Wildman–Crippen LogP) is 4.55. The van der Waals surface area contributed by atoms with Gasteiger partial charge < -0.3 is 9.47 Å². The molecular formula is C27H27ClN2O4S. The van der Waals surface area contributed by atoms with E-state index >= 15 is 0 Å². The molecule has 2 heterocycles. The third-order valence-corrected chi connectivity index (χ3v) is 6.75. The third-order valence-electron chi connectivity index (χ3n) is 5.53. The van der Waals surface area contributed by atoms with Crippen LogP contribution in [0.4, 0.5) is 0 Å². The minimum Gasteiger partial charge on any atom is -0.490 e. The first kappa shape index (κ1) is 24.9. The SMILES string of the molecule is CCOC(=O)C1=C(C)N=c2s/c(=C\c3cc(Cl)ccc3OC(C)C)c(=O)n2[C@@H]1c1ccc(C)cc1. The Morgan fingerprint density at radius 1 is 1.20 bits per heavy atom. The van der Waals surface area contributed by atoms with Gasteiger partial charge in [-0.25, -0.2) is 9.79 Å². The molecule has 2 aromatic carbocycles. The molecule has 0 amide bonds. The van der Waals surface area contributed by atoms with E-state index in [1.54, 1.807) is 42.7 Å². The van der Waals surface area contributed by atoms with Crippen LogP contribution in [0.2, 0.25) is 5.02 Å². The maximum absolute atomic E-state index is 13.8. The molecule has 0 bridgehead atoms. The first-order chi connectivity index (χ1) is 16.7. The molecular weight excluding hydrogens is 484 g/mol. The lowest BCUT2D eigenvalue weighted by Crippen LogP contribution is -2.39. The Bertz CT molecular complexity index is 1480. The van der Waals surface area contributed by atoms with Crippen LogP contribution >= 0.6 is 22.9 Å². The van der Waals surface area contributed by atoms with Crippen LogP contribution in [0.1, 0.15) is 50.4 Å². The zero-order chi connectivity index (χ0) is 25.3. The number of carbonyl (C=O) groups excluding carboxylic acids is 1. The van der Waals surface area contributed by atoms with Crippen molar-refractivity contribution in [2.75, 3.05) is 6.61 Å². The molecule has 1 aliphatic heterocycles. The standard InChI is InChI=1S/C27H27ClN2O4S/c1-6-33-26(32)23-17(5)29-27-30(24(23)18-9-7-16(4)8-10-18)25(31)22(35-27)14-19-13-20(28)11-12-21(19)34-15(2)3/h7-15,24H,6H2,1-5H3/b22-14-/t24-/m1/s1. The van der Waals surface area contributed by atoms with E-state index in [9.17, 15) is 9.59 Å². The fourth-order valence-corrected chi connectivity index (χ4v) is 5.21. The normalized spacial score (nSPS) is 15.7. The van der Waals surface area contributed by atoms with Crippen molar-refractivity contribution in [2.24, 2.45) is 4.99 Å². The summed E-state index contributed by atoms with van der Waals surface area (Å²) in [4.78, 5) is 31.9. The second-order valence-electron chi connectivity index (χ2n) is 8.56. The number of nitrogens with zero attached hydrogens (tertiary/aromatic N) is 2. The lowest BCUT2D eigenvalue weighted by molar-refractivity contribution is -0.139. The van der Waals surface area contributed by atoms with Crippen LogP contribution in [-0.4, -0.2) is 23.2 Å². The van der Waals surface area contributed by atoms with Crippen LogP contribution in [0.25, 0.3) is 6.08 Å². The van der Waals surface area contributed by atoms with Crippen LogP contribution < -0.4 is 19.6 Å². The zero-order valence-electron chi connectivity index (χ0n) is 20.3. The fourth-order valence-electron chi connectivity index (χ4n) is 3.99. The molecule has 8 heteroatoms. The molecule has 0 saturated carbocycles. The number of hydrogen-bond acceptors (Lipinski definition) is 6. The molecule has 4 rings (SSSR count). The molecule has 0 aliphatic carbocycles. The number of thiazole rings is 1. The Morgan fingerprint density at radius 3 is 2.57 bits per heavy atom. The Labute approximate surface area is 212 Å². The highest BCUT2D eigenvalue weighted by Gasteiger charge is 2.33. The summed E-state index contributed by atoms with van der Waals surface area (Å²) in [6.45, 7) is 9.63. The van der Waals surface area contributed by atoms with Crippen molar-refractivity contribution in [1.82, 2.24) is 4.57 Å². The topological polar surface area (TPSA) is 69.9 Å². The van der Waals surface area contributed by atoms with Gasteiger partial charge in [0.1, 0.15) is 5.75 Å². The summed E-state index contributed by atoms with van der Waals surface area (Å²) in [7, 11) is 0. The smallest absolute Gasteiger partial charge is 0.338 e. The maximum atomic E-state index is 13.8. The van der Waals surface area contributed by atoms with E-state index in [2.05, 4.69) is 4.99 Å². The van der Waals surface area contributed by atoms with Crippen molar-refractivity contribution in [2.45, 2.75) is 46.8 Å². The average Bonchev–Trinajstić information content (AvgIpc) is 3.09. The Hall–Kier alpha value is -3.16. The molecule has 182 valence electrons. The minimum absolute atomic E-state index is 0.0409. The van der Waals surface area contributed by atoms with Gasteiger partial charge in [0.15, 0.2) is 4.80 Å². The van der Waals surface area contributed by atoms with Crippen molar-refractivity contribution in [3.63, 3.8) is 0 Å². The number of aryl methyl sites for hydroxylation is 1. The van der Waals surface area contributed by atoms with Gasteiger partial charge in [-0.3, -0.25) is 9.36 Å². The number of aromatic nitrogens is 1. The molecule has 0 unspecified atom stereocenters. The molecule has 0 fully saturated rings. The van der Waals surface area contributed by atoms with Crippen LogP contribution in [-0.2, 0) is 9.53 Å². The van der Waals surface area contributed by atoms with Gasteiger partial charge in [-0.2, -0.15) is 0 Å². The third kappa shape index (κ3) is 5.11. The van der Waals surface area contributed by atoms with Crippen LogP contribution in [0.15, 0.2) is 63.5 Å². The van der Waals surface area contributed by atoms with Crippen molar-refractivity contribution < 1.29 is 14.3 Å². The highest BCUT2D eigenvalue weighted by molar-refractivity contribution is 7.07. The van der Waals surface area contributed by atoms with Crippen LogP contribution in [0.3, 0.4) is 0 Å². The average molecular weight is 511 g/mol. The summed E-state index contributed by atoms with van der Waals surface area (Å²) >= 11 is 7.51. The second kappa shape index (κ2) is 10.2. The number of benzene rings is 2. The molecule has 0 N–H and O–H groups in total. The Kier molecular flexibility index (Phi) is 7.28. The largest absolute Gasteiger partial charge is 0.490 e. The van der Waals surface area contributed by atoms with E-state index in [1.807, 2.05) is 45.0 Å². The highest BCUT2D eigenvalue weighted by Crippen LogP contribution is 2.31. The van der Waals surface area contributed by atoms with Crippen molar-refractivity contribution >= 4 is 35.0 Å². The van der Waals surface area contributed by atoms with Gasteiger partial charge in [0, 0.05) is 10.6 Å². The quantitative estimate of drug-likeness (QED) is 0.456. The van der Waals surface area contributed by atoms with E-state index in [1.165, 1.54) is 11.3 Å². The number of esters is 1. The number of fused-ring (bicyclic) bond motifs is 1. The fraction of sp³-hybridized carbons (Fsp3) is 0.296. The predicted molar refractivity (Wildman–Crippen MR) is 139 cm³/mol. The Morgan fingerprint density at radius 2 is 1.91 bits per heavy atom. The molecule has 0 spiro atoms. The summed E-state index contributed by atoms with van der Waals surface area (Å²) < 4.78 is 13.3. The van der Waals surface area contributed by atoms with E-state index < -0.39 is 12.0 Å². The van der Waals surface area contributed by atoms with E-state index in [0.29, 0.717) is 36.9 Å².